The number of pyridine rings is 1. The average molecular weight is 465 g/mol. The monoisotopic (exact) mass is 464 g/mol. The molecule has 1 aliphatic heterocycles. The maximum atomic E-state index is 13.1. The predicted octanol–water partition coefficient (Wildman–Crippen LogP) is 3.70. The van der Waals surface area contributed by atoms with Crippen LogP contribution in [0.3, 0.4) is 0 Å². The smallest absolute Gasteiger partial charge is 0.317 e. The van der Waals surface area contributed by atoms with Crippen molar-refractivity contribution in [2.45, 2.75) is 33.4 Å². The molecule has 1 aliphatic rings. The molecule has 2 heterocycles. The minimum absolute atomic E-state index is 0.171. The Kier molecular flexibility index (Phi) is 7.69. The van der Waals surface area contributed by atoms with Crippen LogP contribution in [0.25, 0.3) is 10.9 Å². The largest absolute Gasteiger partial charge is 0.454 e. The lowest BCUT2D eigenvalue weighted by atomic mass is 10.1. The van der Waals surface area contributed by atoms with Crippen LogP contribution in [-0.4, -0.2) is 53.8 Å². The molecular weight excluding hydrogens is 432 g/mol. The number of amides is 2. The first-order chi connectivity index (χ1) is 16.6. The Labute approximate surface area is 199 Å². The molecule has 0 unspecified atom stereocenters. The molecule has 34 heavy (non-hydrogen) atoms. The van der Waals surface area contributed by atoms with Crippen molar-refractivity contribution in [2.24, 2.45) is 0 Å². The third-order valence-corrected chi connectivity index (χ3v) is 6.15. The van der Waals surface area contributed by atoms with Gasteiger partial charge in [-0.1, -0.05) is 44.2 Å². The van der Waals surface area contributed by atoms with E-state index in [1.165, 1.54) is 0 Å². The molecule has 8 nitrogen and oxygen atoms in total. The fraction of sp³-hybridized carbons (Fsp3) is 0.385. The quantitative estimate of drug-likeness (QED) is 0.478. The highest BCUT2D eigenvalue weighted by atomic mass is 16.7. The molecule has 0 radical (unpaired) electrons. The molecule has 2 aromatic carbocycles. The highest BCUT2D eigenvalue weighted by Gasteiger charge is 2.19. The second-order valence-electron chi connectivity index (χ2n) is 8.36. The van der Waals surface area contributed by atoms with Gasteiger partial charge in [0, 0.05) is 30.1 Å². The van der Waals surface area contributed by atoms with Crippen LogP contribution in [0.1, 0.15) is 31.4 Å². The summed E-state index contributed by atoms with van der Waals surface area (Å²) in [6, 6.07) is 15.1. The Balaban J connectivity index is 1.51. The van der Waals surface area contributed by atoms with Crippen molar-refractivity contribution >= 4 is 16.9 Å². The number of aromatic amines is 1. The molecular formula is C26H32N4O4. The summed E-state index contributed by atoms with van der Waals surface area (Å²) in [5, 5.41) is 3.84. The predicted molar refractivity (Wildman–Crippen MR) is 132 cm³/mol. The van der Waals surface area contributed by atoms with Crippen LogP contribution in [0.15, 0.2) is 53.3 Å². The highest BCUT2D eigenvalue weighted by Crippen LogP contribution is 2.35. The summed E-state index contributed by atoms with van der Waals surface area (Å²) >= 11 is 0. The lowest BCUT2D eigenvalue weighted by molar-refractivity contribution is 0.174. The minimum Gasteiger partial charge on any atom is -0.454 e. The second-order valence-corrected chi connectivity index (χ2v) is 8.36. The lowest BCUT2D eigenvalue weighted by Crippen LogP contribution is -2.41. The number of nitrogens with zero attached hydrogens (tertiary/aromatic N) is 2. The molecule has 180 valence electrons. The van der Waals surface area contributed by atoms with E-state index in [1.807, 2.05) is 42.5 Å². The van der Waals surface area contributed by atoms with Gasteiger partial charge >= 0.3 is 6.03 Å². The van der Waals surface area contributed by atoms with Crippen molar-refractivity contribution in [3.8, 4) is 11.5 Å². The van der Waals surface area contributed by atoms with Crippen LogP contribution in [-0.2, 0) is 13.1 Å². The second kappa shape index (κ2) is 11.1. The topological polar surface area (TPSA) is 86.9 Å². The van der Waals surface area contributed by atoms with E-state index in [4.69, 9.17) is 9.47 Å². The third kappa shape index (κ3) is 5.69. The van der Waals surface area contributed by atoms with Crippen molar-refractivity contribution < 1.29 is 14.3 Å². The van der Waals surface area contributed by atoms with E-state index >= 15 is 0 Å². The van der Waals surface area contributed by atoms with Gasteiger partial charge in [0.1, 0.15) is 0 Å². The number of benzene rings is 2. The molecule has 0 bridgehead atoms. The molecule has 0 saturated carbocycles. The number of hydrogen-bond donors (Lipinski definition) is 2. The zero-order chi connectivity index (χ0) is 23.9. The maximum absolute atomic E-state index is 13.1. The first-order valence-corrected chi connectivity index (χ1v) is 11.8. The van der Waals surface area contributed by atoms with Gasteiger partial charge in [-0.3, -0.25) is 4.79 Å². The molecule has 0 aliphatic carbocycles. The summed E-state index contributed by atoms with van der Waals surface area (Å²) in [6.07, 6.45) is 0.824. The molecule has 0 saturated heterocycles. The third-order valence-electron chi connectivity index (χ3n) is 6.15. The summed E-state index contributed by atoms with van der Waals surface area (Å²) in [6.45, 7) is 8.48. The number of carbonyl (C=O) groups is 1. The molecule has 2 amide bonds. The number of H-pyrrole nitrogens is 1. The molecule has 2 N–H and O–H groups in total. The van der Waals surface area contributed by atoms with Crippen LogP contribution in [0.2, 0.25) is 0 Å². The summed E-state index contributed by atoms with van der Waals surface area (Å²) in [7, 11) is 0. The Morgan fingerprint density at radius 3 is 2.50 bits per heavy atom. The molecule has 4 rings (SSSR count). The number of hydrogen-bond acceptors (Lipinski definition) is 5. The first kappa shape index (κ1) is 23.6. The normalized spacial score (nSPS) is 12.3. The van der Waals surface area contributed by atoms with E-state index in [1.54, 1.807) is 11.0 Å². The van der Waals surface area contributed by atoms with E-state index in [0.29, 0.717) is 35.7 Å². The summed E-state index contributed by atoms with van der Waals surface area (Å²) in [5.74, 6) is 1.27. The van der Waals surface area contributed by atoms with Crippen LogP contribution >= 0.6 is 0 Å². The van der Waals surface area contributed by atoms with Crippen molar-refractivity contribution in [2.75, 3.05) is 33.0 Å². The molecule has 0 atom stereocenters. The highest BCUT2D eigenvalue weighted by molar-refractivity contribution is 5.83. The summed E-state index contributed by atoms with van der Waals surface area (Å²) in [4.78, 5) is 32.9. The molecule has 1 aromatic heterocycles. The summed E-state index contributed by atoms with van der Waals surface area (Å²) < 4.78 is 10.9. The number of urea groups is 1. The number of fused-ring (bicyclic) bond motifs is 2. The number of nitrogens with one attached hydrogen (secondary N) is 2. The molecule has 0 fully saturated rings. The Hall–Kier alpha value is -3.52. The Bertz CT molecular complexity index is 1170. The fourth-order valence-corrected chi connectivity index (χ4v) is 4.13. The summed E-state index contributed by atoms with van der Waals surface area (Å²) in [5.41, 5.74) is 2.03. The van der Waals surface area contributed by atoms with Gasteiger partial charge in [0.25, 0.3) is 5.56 Å². The van der Waals surface area contributed by atoms with Crippen molar-refractivity contribution in [1.29, 1.82) is 0 Å². The Morgan fingerprint density at radius 1 is 1.03 bits per heavy atom. The van der Waals surface area contributed by atoms with Gasteiger partial charge in [0.15, 0.2) is 11.5 Å². The molecule has 3 aromatic rings. The maximum Gasteiger partial charge on any atom is 0.317 e. The van der Waals surface area contributed by atoms with Crippen molar-refractivity contribution in [1.82, 2.24) is 20.1 Å². The number of carbonyl (C=O) groups excluding carboxylic acids is 1. The van der Waals surface area contributed by atoms with Crippen LogP contribution in [0.4, 0.5) is 4.79 Å². The number of rotatable bonds is 10. The SMILES string of the molecule is CCN(CC)CCCN(Cc1cc2cc3c(cc2[nH]c1=O)OCO3)C(=O)NCc1ccccc1. The average Bonchev–Trinajstić information content (AvgIpc) is 3.31. The van der Waals surface area contributed by atoms with Gasteiger partial charge in [-0.25, -0.2) is 4.79 Å². The van der Waals surface area contributed by atoms with Crippen molar-refractivity contribution in [3.05, 3.63) is 70.0 Å². The zero-order valence-electron chi connectivity index (χ0n) is 19.8. The van der Waals surface area contributed by atoms with E-state index in [2.05, 4.69) is 29.0 Å². The van der Waals surface area contributed by atoms with Crippen LogP contribution in [0.5, 0.6) is 11.5 Å². The fourth-order valence-electron chi connectivity index (χ4n) is 4.13. The van der Waals surface area contributed by atoms with Gasteiger partial charge < -0.3 is 29.6 Å². The van der Waals surface area contributed by atoms with Gasteiger partial charge in [-0.2, -0.15) is 0 Å². The van der Waals surface area contributed by atoms with Gasteiger partial charge in [0.2, 0.25) is 6.79 Å². The van der Waals surface area contributed by atoms with Gasteiger partial charge in [0.05, 0.1) is 12.1 Å². The standard InChI is InChI=1S/C26H32N4O4/c1-3-29(4-2)11-8-12-30(26(32)27-16-19-9-6-5-7-10-19)17-21-13-20-14-23-24(34-18-33-23)15-22(20)28-25(21)31/h5-7,9-10,13-15H,3-4,8,11-12,16-18H2,1-2H3,(H,27,32)(H,28,31). The Morgan fingerprint density at radius 2 is 1.76 bits per heavy atom. The molecule has 0 spiro atoms. The zero-order valence-corrected chi connectivity index (χ0v) is 19.8. The van der Waals surface area contributed by atoms with Crippen LogP contribution < -0.4 is 20.3 Å². The van der Waals surface area contributed by atoms with Gasteiger partial charge in [-0.15, -0.1) is 0 Å². The van der Waals surface area contributed by atoms with E-state index in [-0.39, 0.29) is 24.9 Å². The van der Waals surface area contributed by atoms with E-state index < -0.39 is 0 Å². The number of ether oxygens (including phenoxy) is 2. The van der Waals surface area contributed by atoms with Gasteiger partial charge in [-0.05, 0) is 43.8 Å². The minimum atomic E-state index is -0.212. The van der Waals surface area contributed by atoms with E-state index in [0.717, 1.165) is 37.0 Å². The lowest BCUT2D eigenvalue weighted by Gasteiger charge is -2.25. The number of aromatic nitrogens is 1. The first-order valence-electron chi connectivity index (χ1n) is 11.8. The molecule has 8 heteroatoms. The van der Waals surface area contributed by atoms with Crippen LogP contribution in [0, 0.1) is 0 Å². The van der Waals surface area contributed by atoms with Crippen molar-refractivity contribution in [3.63, 3.8) is 0 Å². The van der Waals surface area contributed by atoms with E-state index in [9.17, 15) is 9.59 Å².